The predicted molar refractivity (Wildman–Crippen MR) is 70.3 cm³/mol. The van der Waals surface area contributed by atoms with E-state index < -0.39 is 0 Å². The van der Waals surface area contributed by atoms with Crippen LogP contribution in [0.15, 0.2) is 42.0 Å². The quantitative estimate of drug-likeness (QED) is 0.492. The van der Waals surface area contributed by atoms with Crippen molar-refractivity contribution in [3.63, 3.8) is 0 Å². The number of esters is 1. The predicted octanol–water partition coefficient (Wildman–Crippen LogP) is 2.79. The first kappa shape index (κ1) is 13.0. The third kappa shape index (κ3) is 4.55. The van der Waals surface area contributed by atoms with Gasteiger partial charge in [0.05, 0.1) is 0 Å². The minimum atomic E-state index is -0.366. The molecule has 3 heteroatoms. The number of carbonyl (C=O) groups excluding carboxylic acids is 1. The Morgan fingerprint density at radius 2 is 1.94 bits per heavy atom. The molecule has 1 aromatic rings. The fourth-order valence-corrected chi connectivity index (χ4v) is 1.22. The lowest BCUT2D eigenvalue weighted by Crippen LogP contribution is -2.06. The Bertz CT molecular complexity index is 444. The van der Waals surface area contributed by atoms with Crippen molar-refractivity contribution in [2.45, 2.75) is 13.8 Å². The second-order valence-electron chi connectivity index (χ2n) is 4.01. The van der Waals surface area contributed by atoms with Crippen molar-refractivity contribution in [1.29, 1.82) is 0 Å². The zero-order valence-electron chi connectivity index (χ0n) is 10.2. The van der Waals surface area contributed by atoms with E-state index in [1.165, 1.54) is 0 Å². The number of nitrogens with two attached hydrogens (primary N) is 1. The maximum atomic E-state index is 11.2. The van der Waals surface area contributed by atoms with Crippen LogP contribution in [0.2, 0.25) is 0 Å². The van der Waals surface area contributed by atoms with Crippen LogP contribution in [0, 0.1) is 0 Å². The molecular formula is C14H17NO2. The molecule has 1 rings (SSSR count). The second kappa shape index (κ2) is 5.89. The molecule has 3 nitrogen and oxygen atoms in total. The van der Waals surface area contributed by atoms with Crippen LogP contribution in [0.4, 0.5) is 5.69 Å². The number of nitrogen functional groups attached to an aromatic ring is 1. The summed E-state index contributed by atoms with van der Waals surface area (Å²) < 4.78 is 5.03. The topological polar surface area (TPSA) is 52.3 Å². The summed E-state index contributed by atoms with van der Waals surface area (Å²) in [6.07, 6.45) is 1.95. The van der Waals surface area contributed by atoms with Gasteiger partial charge in [0.25, 0.3) is 0 Å². The molecule has 0 saturated carbocycles. The molecule has 0 heterocycles. The Morgan fingerprint density at radius 3 is 2.47 bits per heavy atom. The number of hydrogen-bond acceptors (Lipinski definition) is 3. The largest absolute Gasteiger partial charge is 0.458 e. The summed E-state index contributed by atoms with van der Waals surface area (Å²) in [7, 11) is 0. The molecule has 0 aromatic heterocycles. The summed E-state index contributed by atoms with van der Waals surface area (Å²) in [5.74, 6) is -0.366. The molecule has 0 fully saturated rings. The highest BCUT2D eigenvalue weighted by Gasteiger charge is 2.02. The van der Waals surface area contributed by atoms with E-state index in [0.717, 1.165) is 16.8 Å². The zero-order valence-corrected chi connectivity index (χ0v) is 10.2. The molecule has 0 spiro atoms. The lowest BCUT2D eigenvalue weighted by Gasteiger charge is -2.04. The van der Waals surface area contributed by atoms with Crippen molar-refractivity contribution < 1.29 is 9.53 Å². The lowest BCUT2D eigenvalue weighted by molar-refractivity contribution is -0.137. The molecule has 2 N–H and O–H groups in total. The van der Waals surface area contributed by atoms with Gasteiger partial charge in [-0.2, -0.15) is 0 Å². The third-order valence-corrected chi connectivity index (χ3v) is 2.13. The summed E-state index contributed by atoms with van der Waals surface area (Å²) in [5.41, 5.74) is 8.72. The molecule has 0 aliphatic heterocycles. The van der Waals surface area contributed by atoms with E-state index in [2.05, 4.69) is 6.58 Å². The summed E-state index contributed by atoms with van der Waals surface area (Å²) >= 11 is 0. The molecule has 17 heavy (non-hydrogen) atoms. The van der Waals surface area contributed by atoms with Gasteiger partial charge >= 0.3 is 5.97 Å². The van der Waals surface area contributed by atoms with E-state index in [4.69, 9.17) is 10.5 Å². The van der Waals surface area contributed by atoms with Gasteiger partial charge in [-0.1, -0.05) is 24.8 Å². The van der Waals surface area contributed by atoms with Crippen molar-refractivity contribution in [3.8, 4) is 0 Å². The van der Waals surface area contributed by atoms with Crippen LogP contribution in [-0.4, -0.2) is 12.6 Å². The van der Waals surface area contributed by atoms with Gasteiger partial charge in [0, 0.05) is 11.3 Å². The van der Waals surface area contributed by atoms with Crippen LogP contribution in [0.1, 0.15) is 19.4 Å². The molecule has 0 aliphatic carbocycles. The average Bonchev–Trinajstić information content (AvgIpc) is 2.29. The van der Waals surface area contributed by atoms with E-state index >= 15 is 0 Å². The summed E-state index contributed by atoms with van der Waals surface area (Å²) in [6, 6.07) is 7.50. The van der Waals surface area contributed by atoms with Crippen LogP contribution >= 0.6 is 0 Å². The first-order valence-electron chi connectivity index (χ1n) is 5.34. The van der Waals surface area contributed by atoms with Crippen molar-refractivity contribution in [3.05, 3.63) is 47.6 Å². The van der Waals surface area contributed by atoms with Gasteiger partial charge in [0.1, 0.15) is 6.61 Å². The van der Waals surface area contributed by atoms with Gasteiger partial charge in [0.15, 0.2) is 0 Å². The molecule has 0 unspecified atom stereocenters. The smallest absolute Gasteiger partial charge is 0.333 e. The molecule has 0 radical (unpaired) electrons. The van der Waals surface area contributed by atoms with Gasteiger partial charge < -0.3 is 10.5 Å². The number of ether oxygens (including phenoxy) is 1. The maximum absolute atomic E-state index is 11.2. The zero-order chi connectivity index (χ0) is 12.8. The van der Waals surface area contributed by atoms with Gasteiger partial charge in [-0.25, -0.2) is 4.79 Å². The van der Waals surface area contributed by atoms with Crippen molar-refractivity contribution in [1.82, 2.24) is 0 Å². The summed E-state index contributed by atoms with van der Waals surface area (Å²) in [6.45, 7) is 7.32. The molecule has 0 amide bonds. The number of carbonyl (C=O) groups is 1. The van der Waals surface area contributed by atoms with Gasteiger partial charge in [0.2, 0.25) is 0 Å². The van der Waals surface area contributed by atoms with Crippen molar-refractivity contribution in [2.24, 2.45) is 0 Å². The van der Waals surface area contributed by atoms with Crippen molar-refractivity contribution >= 4 is 17.7 Å². The van der Waals surface area contributed by atoms with E-state index in [0.29, 0.717) is 5.57 Å². The lowest BCUT2D eigenvalue weighted by atomic mass is 10.1. The highest BCUT2D eigenvalue weighted by atomic mass is 16.5. The first-order valence-corrected chi connectivity index (χ1v) is 5.34. The van der Waals surface area contributed by atoms with E-state index in [1.807, 2.05) is 37.3 Å². The summed E-state index contributed by atoms with van der Waals surface area (Å²) in [4.78, 5) is 11.2. The van der Waals surface area contributed by atoms with Gasteiger partial charge in [-0.05, 0) is 37.1 Å². The highest BCUT2D eigenvalue weighted by Crippen LogP contribution is 2.10. The monoisotopic (exact) mass is 231 g/mol. The first-order chi connectivity index (χ1) is 7.99. The average molecular weight is 231 g/mol. The number of anilines is 1. The Balaban J connectivity index is 2.58. The van der Waals surface area contributed by atoms with Crippen LogP contribution in [0.3, 0.4) is 0 Å². The minimum absolute atomic E-state index is 0.274. The Hall–Kier alpha value is -2.03. The Labute approximate surface area is 102 Å². The molecule has 0 atom stereocenters. The SMILES string of the molecule is C=C(C)C(=O)OCC(C)=Cc1ccc(N)cc1. The highest BCUT2D eigenvalue weighted by molar-refractivity contribution is 5.87. The van der Waals surface area contributed by atoms with E-state index in [1.54, 1.807) is 6.92 Å². The van der Waals surface area contributed by atoms with Crippen LogP contribution in [0.5, 0.6) is 0 Å². The Kier molecular flexibility index (Phi) is 4.52. The van der Waals surface area contributed by atoms with Gasteiger partial charge in [-0.15, -0.1) is 0 Å². The van der Waals surface area contributed by atoms with E-state index in [-0.39, 0.29) is 12.6 Å². The standard InChI is InChI=1S/C14H17NO2/c1-10(2)14(16)17-9-11(3)8-12-4-6-13(15)7-5-12/h4-8H,1,9,15H2,2-3H3. The normalized spacial score (nSPS) is 11.1. The molecular weight excluding hydrogens is 214 g/mol. The van der Waals surface area contributed by atoms with E-state index in [9.17, 15) is 4.79 Å². The molecule has 1 aromatic carbocycles. The van der Waals surface area contributed by atoms with Crippen LogP contribution in [0.25, 0.3) is 6.08 Å². The number of hydrogen-bond donors (Lipinski definition) is 1. The third-order valence-electron chi connectivity index (χ3n) is 2.13. The molecule has 0 bridgehead atoms. The van der Waals surface area contributed by atoms with Crippen LogP contribution in [-0.2, 0) is 9.53 Å². The second-order valence-corrected chi connectivity index (χ2v) is 4.01. The van der Waals surface area contributed by atoms with Crippen LogP contribution < -0.4 is 5.73 Å². The number of benzene rings is 1. The molecule has 0 saturated heterocycles. The maximum Gasteiger partial charge on any atom is 0.333 e. The Morgan fingerprint density at radius 1 is 1.35 bits per heavy atom. The van der Waals surface area contributed by atoms with Crippen molar-refractivity contribution in [2.75, 3.05) is 12.3 Å². The van der Waals surface area contributed by atoms with Gasteiger partial charge in [-0.3, -0.25) is 0 Å². The fourth-order valence-electron chi connectivity index (χ4n) is 1.22. The fraction of sp³-hybridized carbons (Fsp3) is 0.214. The summed E-state index contributed by atoms with van der Waals surface area (Å²) in [5, 5.41) is 0. The minimum Gasteiger partial charge on any atom is -0.458 e. The molecule has 0 aliphatic rings. The molecule has 90 valence electrons. The number of rotatable bonds is 4.